The molecule has 0 saturated heterocycles. The summed E-state index contributed by atoms with van der Waals surface area (Å²) in [5.41, 5.74) is 1.40. The van der Waals surface area contributed by atoms with Gasteiger partial charge in [-0.25, -0.2) is 0 Å². The molecule has 5 heteroatoms. The van der Waals surface area contributed by atoms with E-state index >= 15 is 0 Å². The molecule has 1 aliphatic heterocycles. The van der Waals surface area contributed by atoms with Crippen LogP contribution < -0.4 is 5.32 Å². The summed E-state index contributed by atoms with van der Waals surface area (Å²) in [7, 11) is 0. The Kier molecular flexibility index (Phi) is 5.56. The summed E-state index contributed by atoms with van der Waals surface area (Å²) in [6, 6.07) is 0. The van der Waals surface area contributed by atoms with Gasteiger partial charge >= 0.3 is 0 Å². The minimum atomic E-state index is -0.389. The van der Waals surface area contributed by atoms with Gasteiger partial charge in [0.1, 0.15) is 0 Å². The standard InChI is InChI=1S/C11H16N4S/c1-2-9(15-11(16)14-8-12)10-6-4-3-5-7-13-10/h3-6,8,11,16H,2,7H2,1H3,(H2,12,14)/b15-9+. The molecular formula is C11H16N4S. The van der Waals surface area contributed by atoms with Gasteiger partial charge in [-0.3, -0.25) is 15.4 Å². The van der Waals surface area contributed by atoms with Gasteiger partial charge < -0.3 is 5.32 Å². The maximum absolute atomic E-state index is 6.91. The van der Waals surface area contributed by atoms with Crippen LogP contribution in [0.5, 0.6) is 0 Å². The van der Waals surface area contributed by atoms with Crippen molar-refractivity contribution in [2.24, 2.45) is 9.98 Å². The second-order valence-electron chi connectivity index (χ2n) is 3.13. The van der Waals surface area contributed by atoms with Gasteiger partial charge in [-0.1, -0.05) is 25.2 Å². The van der Waals surface area contributed by atoms with Crippen LogP contribution in [0, 0.1) is 5.41 Å². The molecule has 0 fully saturated rings. The molecule has 0 bridgehead atoms. The zero-order chi connectivity index (χ0) is 11.8. The summed E-state index contributed by atoms with van der Waals surface area (Å²) >= 11 is 4.21. The second kappa shape index (κ2) is 7.00. The van der Waals surface area contributed by atoms with E-state index in [1.165, 1.54) is 0 Å². The van der Waals surface area contributed by atoms with Crippen LogP contribution >= 0.6 is 12.6 Å². The highest BCUT2D eigenvalue weighted by molar-refractivity contribution is 7.80. The fraction of sp³-hybridized carbons (Fsp3) is 0.364. The van der Waals surface area contributed by atoms with Crippen LogP contribution in [0.2, 0.25) is 0 Å². The van der Waals surface area contributed by atoms with Crippen LogP contribution in [0.15, 0.2) is 34.3 Å². The van der Waals surface area contributed by atoms with Gasteiger partial charge in [-0.15, -0.1) is 12.6 Å². The lowest BCUT2D eigenvalue weighted by Crippen LogP contribution is -2.23. The third-order valence-corrected chi connectivity index (χ3v) is 2.27. The van der Waals surface area contributed by atoms with Crippen LogP contribution in [0.1, 0.15) is 13.3 Å². The lowest BCUT2D eigenvalue weighted by atomic mass is 10.1. The molecule has 86 valence electrons. The lowest BCUT2D eigenvalue weighted by molar-refractivity contribution is 0.875. The molecule has 1 unspecified atom stereocenters. The SMILES string of the molecule is CC/C(=N\C(S)NC=N)C1=NCC=CC=C1. The van der Waals surface area contributed by atoms with Gasteiger partial charge in [0.2, 0.25) is 0 Å². The molecule has 2 N–H and O–H groups in total. The van der Waals surface area contributed by atoms with Crippen LogP contribution in [-0.2, 0) is 0 Å². The van der Waals surface area contributed by atoms with Gasteiger partial charge in [-0.05, 0) is 12.5 Å². The molecule has 0 spiro atoms. The van der Waals surface area contributed by atoms with Gasteiger partial charge in [0.05, 0.1) is 24.3 Å². The van der Waals surface area contributed by atoms with E-state index in [0.29, 0.717) is 6.54 Å². The van der Waals surface area contributed by atoms with Crippen LogP contribution in [0.25, 0.3) is 0 Å². The van der Waals surface area contributed by atoms with Crippen LogP contribution in [-0.4, -0.2) is 29.8 Å². The third kappa shape index (κ3) is 4.02. The van der Waals surface area contributed by atoms with Gasteiger partial charge in [0, 0.05) is 0 Å². The summed E-state index contributed by atoms with van der Waals surface area (Å²) in [6.07, 6.45) is 9.73. The Labute approximate surface area is 101 Å². The van der Waals surface area contributed by atoms with E-state index in [0.717, 1.165) is 24.2 Å². The van der Waals surface area contributed by atoms with E-state index < -0.39 is 0 Å². The molecule has 4 nitrogen and oxygen atoms in total. The first-order valence-electron chi connectivity index (χ1n) is 5.15. The molecule has 1 atom stereocenters. The van der Waals surface area contributed by atoms with E-state index in [-0.39, 0.29) is 5.50 Å². The minimum absolute atomic E-state index is 0.389. The van der Waals surface area contributed by atoms with Crippen molar-refractivity contribution in [3.8, 4) is 0 Å². The average molecular weight is 236 g/mol. The number of hydrogen-bond donors (Lipinski definition) is 3. The van der Waals surface area contributed by atoms with E-state index in [1.807, 2.05) is 31.2 Å². The number of aliphatic imine (C=N–C) groups is 2. The number of thiol groups is 1. The summed E-state index contributed by atoms with van der Waals surface area (Å²) in [5.74, 6) is 0. The topological polar surface area (TPSA) is 60.6 Å². The highest BCUT2D eigenvalue weighted by atomic mass is 32.1. The van der Waals surface area contributed by atoms with Crippen LogP contribution in [0.3, 0.4) is 0 Å². The molecule has 1 aliphatic rings. The highest BCUT2D eigenvalue weighted by Crippen LogP contribution is 2.02. The Morgan fingerprint density at radius 1 is 1.75 bits per heavy atom. The predicted molar refractivity (Wildman–Crippen MR) is 73.0 cm³/mol. The number of rotatable bonds is 5. The summed E-state index contributed by atoms with van der Waals surface area (Å²) in [6.45, 7) is 2.70. The van der Waals surface area contributed by atoms with Gasteiger partial charge in [0.25, 0.3) is 0 Å². The smallest absolute Gasteiger partial charge is 0.164 e. The van der Waals surface area contributed by atoms with Crippen molar-refractivity contribution in [1.29, 1.82) is 5.41 Å². The van der Waals surface area contributed by atoms with Crippen molar-refractivity contribution in [3.05, 3.63) is 24.3 Å². The van der Waals surface area contributed by atoms with Crippen LogP contribution in [0.4, 0.5) is 0 Å². The number of allylic oxidation sites excluding steroid dienone is 3. The molecule has 1 heterocycles. The molecular weight excluding hydrogens is 220 g/mol. The Morgan fingerprint density at radius 2 is 2.56 bits per heavy atom. The maximum atomic E-state index is 6.91. The van der Waals surface area contributed by atoms with E-state index in [9.17, 15) is 0 Å². The fourth-order valence-corrected chi connectivity index (χ4v) is 1.49. The molecule has 1 rings (SSSR count). The zero-order valence-electron chi connectivity index (χ0n) is 9.22. The van der Waals surface area contributed by atoms with E-state index in [4.69, 9.17) is 5.41 Å². The van der Waals surface area contributed by atoms with Gasteiger partial charge in [0.15, 0.2) is 5.50 Å². The van der Waals surface area contributed by atoms with E-state index in [2.05, 4.69) is 27.9 Å². The minimum Gasteiger partial charge on any atom is -0.347 e. The van der Waals surface area contributed by atoms with Crippen molar-refractivity contribution in [2.45, 2.75) is 18.8 Å². The predicted octanol–water partition coefficient (Wildman–Crippen LogP) is 1.81. The number of nitrogens with one attached hydrogen (secondary N) is 2. The molecule has 0 aromatic carbocycles. The quantitative estimate of drug-likeness (QED) is 0.290. The monoisotopic (exact) mass is 236 g/mol. The fourth-order valence-electron chi connectivity index (χ4n) is 1.28. The highest BCUT2D eigenvalue weighted by Gasteiger charge is 2.06. The molecule has 0 amide bonds. The molecule has 0 aromatic rings. The first kappa shape index (κ1) is 12.7. The summed E-state index contributed by atoms with van der Waals surface area (Å²) in [4.78, 5) is 8.76. The Morgan fingerprint density at radius 3 is 3.25 bits per heavy atom. The van der Waals surface area contributed by atoms with E-state index in [1.54, 1.807) is 0 Å². The Balaban J connectivity index is 2.80. The normalized spacial score (nSPS) is 17.6. The Hall–Kier alpha value is -1.36. The summed E-state index contributed by atoms with van der Waals surface area (Å²) < 4.78 is 0. The molecule has 0 saturated carbocycles. The zero-order valence-corrected chi connectivity index (χ0v) is 10.1. The van der Waals surface area contributed by atoms with Crippen molar-refractivity contribution in [1.82, 2.24) is 5.32 Å². The first-order chi connectivity index (χ1) is 7.77. The number of nitrogens with zero attached hydrogens (tertiary/aromatic N) is 2. The Bertz CT molecular complexity index is 355. The first-order valence-corrected chi connectivity index (χ1v) is 5.67. The molecule has 0 aromatic heterocycles. The second-order valence-corrected chi connectivity index (χ2v) is 3.62. The molecule has 0 aliphatic carbocycles. The van der Waals surface area contributed by atoms with Gasteiger partial charge in [-0.2, -0.15) is 0 Å². The lowest BCUT2D eigenvalue weighted by Gasteiger charge is -2.09. The third-order valence-electron chi connectivity index (χ3n) is 2.01. The maximum Gasteiger partial charge on any atom is 0.164 e. The van der Waals surface area contributed by atoms with Crippen molar-refractivity contribution in [3.63, 3.8) is 0 Å². The van der Waals surface area contributed by atoms with Crippen molar-refractivity contribution < 1.29 is 0 Å². The molecule has 16 heavy (non-hydrogen) atoms. The van der Waals surface area contributed by atoms with Crippen molar-refractivity contribution in [2.75, 3.05) is 6.54 Å². The van der Waals surface area contributed by atoms with Crippen molar-refractivity contribution >= 4 is 30.4 Å². The summed E-state index contributed by atoms with van der Waals surface area (Å²) in [5, 5.41) is 9.59. The molecule has 0 radical (unpaired) electrons. The average Bonchev–Trinajstić information content (AvgIpc) is 2.55. The number of hydrogen-bond acceptors (Lipinski definition) is 4. The largest absolute Gasteiger partial charge is 0.347 e.